The van der Waals surface area contributed by atoms with Crippen LogP contribution in [-0.4, -0.2) is 25.3 Å². The number of rotatable bonds is 5. The molecule has 2 atom stereocenters. The molecule has 1 rings (SSSR count). The lowest BCUT2D eigenvalue weighted by molar-refractivity contribution is 0.188. The van der Waals surface area contributed by atoms with Crippen molar-refractivity contribution >= 4 is 0 Å². The highest BCUT2D eigenvalue weighted by Gasteiger charge is 2.16. The van der Waals surface area contributed by atoms with Gasteiger partial charge in [0.05, 0.1) is 6.61 Å². The highest BCUT2D eigenvalue weighted by molar-refractivity contribution is 4.77. The molecular weight excluding hydrogens is 150 g/mol. The molecule has 0 amide bonds. The van der Waals surface area contributed by atoms with Crippen LogP contribution in [0.4, 0.5) is 0 Å². The van der Waals surface area contributed by atoms with Gasteiger partial charge in [0.2, 0.25) is 0 Å². The third-order valence-corrected chi connectivity index (χ3v) is 2.25. The molecule has 0 radical (unpaired) electrons. The monoisotopic (exact) mass is 169 g/mol. The summed E-state index contributed by atoms with van der Waals surface area (Å²) in [6.45, 7) is 7.75. The lowest BCUT2D eigenvalue weighted by atomic mass is 10.1. The van der Waals surface area contributed by atoms with Gasteiger partial charge < -0.3 is 10.1 Å². The van der Waals surface area contributed by atoms with Crippen LogP contribution in [0.3, 0.4) is 0 Å². The Hall–Kier alpha value is -0.340. The molecule has 0 aromatic carbocycles. The van der Waals surface area contributed by atoms with Gasteiger partial charge in [0.25, 0.3) is 0 Å². The minimum Gasteiger partial charge on any atom is -0.380 e. The zero-order chi connectivity index (χ0) is 8.81. The van der Waals surface area contributed by atoms with Crippen LogP contribution in [0.2, 0.25) is 0 Å². The van der Waals surface area contributed by atoms with Crippen molar-refractivity contribution < 1.29 is 4.74 Å². The molecule has 1 fully saturated rings. The fourth-order valence-electron chi connectivity index (χ4n) is 1.52. The van der Waals surface area contributed by atoms with E-state index in [1.54, 1.807) is 0 Å². The molecule has 0 saturated carbocycles. The maximum Gasteiger partial charge on any atom is 0.0620 e. The molecule has 0 bridgehead atoms. The molecule has 1 saturated heterocycles. The van der Waals surface area contributed by atoms with Crippen molar-refractivity contribution in [2.45, 2.75) is 38.3 Å². The molecule has 2 nitrogen and oxygen atoms in total. The van der Waals surface area contributed by atoms with Crippen molar-refractivity contribution in [3.63, 3.8) is 0 Å². The molecule has 1 heterocycles. The van der Waals surface area contributed by atoms with E-state index in [1.165, 1.54) is 12.8 Å². The zero-order valence-electron chi connectivity index (χ0n) is 7.88. The summed E-state index contributed by atoms with van der Waals surface area (Å²) in [5, 5.41) is 3.54. The van der Waals surface area contributed by atoms with Crippen molar-refractivity contribution in [1.82, 2.24) is 5.32 Å². The Balaban J connectivity index is 2.07. The summed E-state index contributed by atoms with van der Waals surface area (Å²) in [5.74, 6) is 0. The number of hydrogen-bond acceptors (Lipinski definition) is 2. The normalized spacial score (nSPS) is 25.6. The van der Waals surface area contributed by atoms with Gasteiger partial charge in [0, 0.05) is 18.7 Å². The van der Waals surface area contributed by atoms with Gasteiger partial charge in [-0.05, 0) is 26.2 Å². The smallest absolute Gasteiger partial charge is 0.0620 e. The van der Waals surface area contributed by atoms with Crippen molar-refractivity contribution in [2.24, 2.45) is 0 Å². The van der Waals surface area contributed by atoms with E-state index in [4.69, 9.17) is 4.74 Å². The first-order chi connectivity index (χ1) is 5.83. The Kier molecular flexibility index (Phi) is 4.33. The van der Waals surface area contributed by atoms with Crippen molar-refractivity contribution in [2.75, 3.05) is 13.2 Å². The third kappa shape index (κ3) is 3.37. The quantitative estimate of drug-likeness (QED) is 0.633. The largest absolute Gasteiger partial charge is 0.380 e. The Bertz CT molecular complexity index is 130. The minimum absolute atomic E-state index is 0.588. The molecule has 2 unspecified atom stereocenters. The number of nitrogens with one attached hydrogen (secondary N) is 1. The molecule has 1 N–H and O–H groups in total. The molecule has 70 valence electrons. The predicted molar refractivity (Wildman–Crippen MR) is 51.3 cm³/mol. The van der Waals surface area contributed by atoms with Crippen molar-refractivity contribution in [3.05, 3.63) is 12.7 Å². The van der Waals surface area contributed by atoms with Crippen LogP contribution in [0.25, 0.3) is 0 Å². The van der Waals surface area contributed by atoms with E-state index in [0.29, 0.717) is 12.1 Å². The summed E-state index contributed by atoms with van der Waals surface area (Å²) >= 11 is 0. The average Bonchev–Trinajstić information content (AvgIpc) is 2.53. The van der Waals surface area contributed by atoms with Crippen molar-refractivity contribution in [1.29, 1.82) is 0 Å². The molecule has 0 spiro atoms. The summed E-state index contributed by atoms with van der Waals surface area (Å²) in [4.78, 5) is 0. The van der Waals surface area contributed by atoms with E-state index >= 15 is 0 Å². The van der Waals surface area contributed by atoms with Gasteiger partial charge in [0.1, 0.15) is 0 Å². The van der Waals surface area contributed by atoms with Crippen LogP contribution in [0.15, 0.2) is 12.7 Å². The van der Waals surface area contributed by atoms with E-state index in [0.717, 1.165) is 19.6 Å². The Morgan fingerprint density at radius 2 is 2.58 bits per heavy atom. The summed E-state index contributed by atoms with van der Waals surface area (Å²) < 4.78 is 5.28. The molecule has 1 aliphatic heterocycles. The number of allylic oxidation sites excluding steroid dienone is 1. The van der Waals surface area contributed by atoms with Crippen LogP contribution < -0.4 is 5.32 Å². The Morgan fingerprint density at radius 1 is 1.75 bits per heavy atom. The Labute approximate surface area is 75.0 Å². The topological polar surface area (TPSA) is 21.3 Å². The summed E-state index contributed by atoms with van der Waals surface area (Å²) in [5.41, 5.74) is 0. The van der Waals surface area contributed by atoms with Crippen LogP contribution in [0, 0.1) is 0 Å². The first kappa shape index (κ1) is 9.75. The van der Waals surface area contributed by atoms with Gasteiger partial charge in [-0.2, -0.15) is 0 Å². The maximum atomic E-state index is 5.28. The van der Waals surface area contributed by atoms with Gasteiger partial charge in [0.15, 0.2) is 0 Å². The standard InChI is InChI=1S/C10H19NO/c1-3-4-5-9(2)11-10-6-7-12-8-10/h3,9-11H,1,4-8H2,2H3. The Morgan fingerprint density at radius 3 is 3.17 bits per heavy atom. The SMILES string of the molecule is C=CCCC(C)NC1CCOC1. The molecule has 12 heavy (non-hydrogen) atoms. The first-order valence-corrected chi connectivity index (χ1v) is 4.77. The fraction of sp³-hybridized carbons (Fsp3) is 0.800. The van der Waals surface area contributed by atoms with Gasteiger partial charge in [-0.15, -0.1) is 6.58 Å². The lowest BCUT2D eigenvalue weighted by Gasteiger charge is -2.17. The predicted octanol–water partition coefficient (Wildman–Crippen LogP) is 1.72. The summed E-state index contributed by atoms with van der Waals surface area (Å²) in [6.07, 6.45) is 5.42. The molecule has 1 aliphatic rings. The van der Waals surface area contributed by atoms with Crippen molar-refractivity contribution in [3.8, 4) is 0 Å². The van der Waals surface area contributed by atoms with E-state index in [9.17, 15) is 0 Å². The van der Waals surface area contributed by atoms with Gasteiger partial charge in [-0.25, -0.2) is 0 Å². The van der Waals surface area contributed by atoms with E-state index in [1.807, 2.05) is 6.08 Å². The second-order valence-corrected chi connectivity index (χ2v) is 3.49. The lowest BCUT2D eigenvalue weighted by Crippen LogP contribution is -2.36. The first-order valence-electron chi connectivity index (χ1n) is 4.77. The molecule has 0 aliphatic carbocycles. The molecule has 0 aromatic rings. The van der Waals surface area contributed by atoms with Crippen LogP contribution >= 0.6 is 0 Å². The molecule has 2 heteroatoms. The van der Waals surface area contributed by atoms with Crippen LogP contribution in [0.5, 0.6) is 0 Å². The third-order valence-electron chi connectivity index (χ3n) is 2.25. The second-order valence-electron chi connectivity index (χ2n) is 3.49. The average molecular weight is 169 g/mol. The summed E-state index contributed by atoms with van der Waals surface area (Å²) in [6, 6.07) is 1.18. The zero-order valence-corrected chi connectivity index (χ0v) is 7.88. The van der Waals surface area contributed by atoms with E-state index in [2.05, 4.69) is 18.8 Å². The second kappa shape index (κ2) is 5.33. The highest BCUT2D eigenvalue weighted by Crippen LogP contribution is 2.06. The van der Waals surface area contributed by atoms with E-state index < -0.39 is 0 Å². The van der Waals surface area contributed by atoms with Crippen LogP contribution in [-0.2, 0) is 4.74 Å². The van der Waals surface area contributed by atoms with Gasteiger partial charge >= 0.3 is 0 Å². The van der Waals surface area contributed by atoms with Crippen LogP contribution in [0.1, 0.15) is 26.2 Å². The maximum absolute atomic E-state index is 5.28. The summed E-state index contributed by atoms with van der Waals surface area (Å²) in [7, 11) is 0. The minimum atomic E-state index is 0.588. The number of hydrogen-bond donors (Lipinski definition) is 1. The van der Waals surface area contributed by atoms with Gasteiger partial charge in [-0.3, -0.25) is 0 Å². The van der Waals surface area contributed by atoms with Gasteiger partial charge in [-0.1, -0.05) is 6.08 Å². The highest BCUT2D eigenvalue weighted by atomic mass is 16.5. The fourth-order valence-corrected chi connectivity index (χ4v) is 1.52. The molecular formula is C10H19NO. The molecule has 0 aromatic heterocycles. The van der Waals surface area contributed by atoms with E-state index in [-0.39, 0.29) is 0 Å². The number of ether oxygens (including phenoxy) is 1.